The molecule has 1 atom stereocenters. The van der Waals surface area contributed by atoms with E-state index in [0.717, 1.165) is 6.07 Å². The molecule has 0 bridgehead atoms. The van der Waals surface area contributed by atoms with Gasteiger partial charge in [-0.3, -0.25) is 19.0 Å². The number of aromatic nitrogens is 1. The molecule has 1 aromatic carbocycles. The third-order valence-corrected chi connectivity index (χ3v) is 4.39. The number of halogens is 1. The molecular formula is C21H18FN5O4. The topological polar surface area (TPSA) is 126 Å². The lowest BCUT2D eigenvalue weighted by molar-refractivity contribution is -0.122. The Labute approximate surface area is 176 Å². The van der Waals surface area contributed by atoms with Crippen molar-refractivity contribution in [1.29, 1.82) is 5.26 Å². The predicted octanol–water partition coefficient (Wildman–Crippen LogP) is 1.24. The van der Waals surface area contributed by atoms with Gasteiger partial charge in [-0.05, 0) is 24.3 Å². The third-order valence-electron chi connectivity index (χ3n) is 4.39. The number of hydrogen-bond donors (Lipinski definition) is 2. The fourth-order valence-corrected chi connectivity index (χ4v) is 2.93. The highest BCUT2D eigenvalue weighted by molar-refractivity contribution is 6.06. The van der Waals surface area contributed by atoms with Gasteiger partial charge in [-0.25, -0.2) is 9.38 Å². The molecule has 0 saturated carbocycles. The molecule has 1 aromatic heterocycles. The van der Waals surface area contributed by atoms with Crippen LogP contribution in [0.25, 0.3) is 5.70 Å². The highest BCUT2D eigenvalue weighted by Gasteiger charge is 2.24. The first-order valence-electron chi connectivity index (χ1n) is 9.15. The largest absolute Gasteiger partial charge is 0.382 e. The zero-order chi connectivity index (χ0) is 22.4. The van der Waals surface area contributed by atoms with E-state index in [0.29, 0.717) is 23.5 Å². The number of methoxy groups -OCH3 is 1. The summed E-state index contributed by atoms with van der Waals surface area (Å²) in [5, 5.41) is 14.2. The Balaban J connectivity index is 1.68. The second kappa shape index (κ2) is 9.60. The first kappa shape index (κ1) is 21.6. The van der Waals surface area contributed by atoms with E-state index in [1.54, 1.807) is 6.08 Å². The lowest BCUT2D eigenvalue weighted by Gasteiger charge is -2.17. The van der Waals surface area contributed by atoms with Gasteiger partial charge >= 0.3 is 0 Å². The van der Waals surface area contributed by atoms with Crippen LogP contribution < -0.4 is 10.6 Å². The number of amides is 2. The Bertz CT molecular complexity index is 1130. The molecule has 1 aliphatic heterocycles. The predicted molar refractivity (Wildman–Crippen MR) is 109 cm³/mol. The zero-order valence-corrected chi connectivity index (χ0v) is 16.5. The van der Waals surface area contributed by atoms with Crippen molar-refractivity contribution >= 4 is 29.8 Å². The van der Waals surface area contributed by atoms with E-state index in [1.807, 2.05) is 6.07 Å². The monoisotopic (exact) mass is 423 g/mol. The first-order chi connectivity index (χ1) is 14.9. The number of rotatable bonds is 7. The molecule has 0 fully saturated rings. The molecule has 158 valence electrons. The number of amidine groups is 1. The number of ether oxygens (including phenoxy) is 1. The van der Waals surface area contributed by atoms with Crippen molar-refractivity contribution in [2.75, 3.05) is 13.7 Å². The van der Waals surface area contributed by atoms with Crippen LogP contribution in [0.15, 0.2) is 47.7 Å². The lowest BCUT2D eigenvalue weighted by Crippen LogP contribution is -2.50. The molecule has 1 aliphatic rings. The number of nitriles is 1. The molecule has 0 unspecified atom stereocenters. The number of nitrogens with one attached hydrogen (secondary N) is 2. The minimum absolute atomic E-state index is 0.0883. The summed E-state index contributed by atoms with van der Waals surface area (Å²) in [6.45, 7) is -0.0883. The van der Waals surface area contributed by atoms with E-state index < -0.39 is 23.7 Å². The van der Waals surface area contributed by atoms with E-state index >= 15 is 0 Å². The van der Waals surface area contributed by atoms with Gasteiger partial charge in [0.1, 0.15) is 17.7 Å². The van der Waals surface area contributed by atoms with Crippen molar-refractivity contribution < 1.29 is 23.5 Å². The highest BCUT2D eigenvalue weighted by atomic mass is 19.1. The smallest absolute Gasteiger partial charge is 0.253 e. The summed E-state index contributed by atoms with van der Waals surface area (Å²) in [5.41, 5.74) is 1.22. The minimum atomic E-state index is -1.01. The molecule has 0 spiro atoms. The molecule has 0 aliphatic carbocycles. The fourth-order valence-electron chi connectivity index (χ4n) is 2.93. The summed E-state index contributed by atoms with van der Waals surface area (Å²) in [6, 6.07) is 6.18. The number of nitrogens with zero attached hydrogens (tertiary/aromatic N) is 3. The van der Waals surface area contributed by atoms with Crippen LogP contribution in [0, 0.1) is 17.1 Å². The number of hydrogen-bond acceptors (Lipinski definition) is 6. The van der Waals surface area contributed by atoms with Crippen molar-refractivity contribution in [1.82, 2.24) is 15.2 Å². The Morgan fingerprint density at radius 3 is 2.90 bits per heavy atom. The van der Waals surface area contributed by atoms with Crippen LogP contribution in [0.1, 0.15) is 27.9 Å². The van der Waals surface area contributed by atoms with Gasteiger partial charge in [0.05, 0.1) is 29.5 Å². The van der Waals surface area contributed by atoms with Gasteiger partial charge < -0.3 is 15.4 Å². The van der Waals surface area contributed by atoms with Crippen LogP contribution in [0.2, 0.25) is 0 Å². The third kappa shape index (κ3) is 5.29. The maximum Gasteiger partial charge on any atom is 0.253 e. The van der Waals surface area contributed by atoms with Crippen LogP contribution in [-0.4, -0.2) is 48.4 Å². The standard InChI is InChI=1S/C21H18FN5O4/c1-31-11-18(25-20(29)14-4-5-27(10-14)12-28)21(30)26-19-3-2-17(24-19)15-6-13(9-23)7-16(22)8-15/h2,4-8,10,12,18H,3,11H2,1H3,(H,25,29)(H,24,26,30)/t18-/m0/s1. The summed E-state index contributed by atoms with van der Waals surface area (Å²) in [6.07, 6.45) is 5.26. The normalized spacial score (nSPS) is 13.6. The fraction of sp³-hybridized carbons (Fsp3) is 0.190. The summed E-state index contributed by atoms with van der Waals surface area (Å²) >= 11 is 0. The summed E-state index contributed by atoms with van der Waals surface area (Å²) in [4.78, 5) is 40.0. The average Bonchev–Trinajstić information content (AvgIpc) is 3.42. The SMILES string of the molecule is COC[C@H](NC(=O)c1ccn(C=O)c1)C(=O)NC1=NC(c2cc(F)cc(C#N)c2)=CC1. The quantitative estimate of drug-likeness (QED) is 0.648. The number of aliphatic imine (C=N–C) groups is 1. The van der Waals surface area contributed by atoms with Crippen molar-refractivity contribution in [2.45, 2.75) is 12.5 Å². The van der Waals surface area contributed by atoms with E-state index in [1.165, 1.54) is 42.3 Å². The summed E-state index contributed by atoms with van der Waals surface area (Å²) in [7, 11) is 1.39. The molecule has 2 heterocycles. The molecule has 3 rings (SSSR count). The maximum absolute atomic E-state index is 13.7. The number of carbonyl (C=O) groups excluding carboxylic acids is 3. The lowest BCUT2D eigenvalue weighted by atomic mass is 10.1. The van der Waals surface area contributed by atoms with E-state index in [2.05, 4.69) is 15.6 Å². The number of benzene rings is 1. The molecule has 2 aromatic rings. The molecular weight excluding hydrogens is 405 g/mol. The van der Waals surface area contributed by atoms with Crippen LogP contribution >= 0.6 is 0 Å². The Hall–Kier alpha value is -4.10. The molecule has 31 heavy (non-hydrogen) atoms. The van der Waals surface area contributed by atoms with Gasteiger partial charge in [-0.15, -0.1) is 0 Å². The van der Waals surface area contributed by atoms with E-state index in [4.69, 9.17) is 10.00 Å². The second-order valence-corrected chi connectivity index (χ2v) is 6.62. The van der Waals surface area contributed by atoms with Crippen molar-refractivity contribution in [3.05, 3.63) is 65.2 Å². The van der Waals surface area contributed by atoms with Gasteiger partial charge in [-0.1, -0.05) is 6.08 Å². The Morgan fingerprint density at radius 1 is 1.42 bits per heavy atom. The minimum Gasteiger partial charge on any atom is -0.382 e. The average molecular weight is 423 g/mol. The van der Waals surface area contributed by atoms with Crippen LogP contribution in [0.3, 0.4) is 0 Å². The summed E-state index contributed by atoms with van der Waals surface area (Å²) < 4.78 is 19.9. The first-order valence-corrected chi connectivity index (χ1v) is 9.15. The van der Waals surface area contributed by atoms with Crippen LogP contribution in [0.5, 0.6) is 0 Å². The van der Waals surface area contributed by atoms with E-state index in [9.17, 15) is 18.8 Å². The van der Waals surface area contributed by atoms with Crippen LogP contribution in [0.4, 0.5) is 4.39 Å². The molecule has 0 saturated heterocycles. The van der Waals surface area contributed by atoms with Gasteiger partial charge in [0, 0.05) is 31.5 Å². The van der Waals surface area contributed by atoms with Gasteiger partial charge in [0.2, 0.25) is 12.3 Å². The van der Waals surface area contributed by atoms with Gasteiger partial charge in [-0.2, -0.15) is 5.26 Å². The Kier molecular flexibility index (Phi) is 6.69. The van der Waals surface area contributed by atoms with E-state index in [-0.39, 0.29) is 24.2 Å². The molecule has 0 radical (unpaired) electrons. The zero-order valence-electron chi connectivity index (χ0n) is 16.5. The van der Waals surface area contributed by atoms with Crippen molar-refractivity contribution in [2.24, 2.45) is 4.99 Å². The van der Waals surface area contributed by atoms with Crippen LogP contribution in [-0.2, 0) is 14.3 Å². The molecule has 2 amide bonds. The van der Waals surface area contributed by atoms with Crippen molar-refractivity contribution in [3.63, 3.8) is 0 Å². The molecule has 2 N–H and O–H groups in total. The summed E-state index contributed by atoms with van der Waals surface area (Å²) in [5.74, 6) is -1.34. The van der Waals surface area contributed by atoms with Crippen molar-refractivity contribution in [3.8, 4) is 6.07 Å². The second-order valence-electron chi connectivity index (χ2n) is 6.62. The Morgan fingerprint density at radius 2 is 2.23 bits per heavy atom. The number of carbonyl (C=O) groups is 3. The molecule has 9 nitrogen and oxygen atoms in total. The maximum atomic E-state index is 13.7. The highest BCUT2D eigenvalue weighted by Crippen LogP contribution is 2.23. The molecule has 10 heteroatoms. The van der Waals surface area contributed by atoms with Gasteiger partial charge in [0.15, 0.2) is 0 Å². The van der Waals surface area contributed by atoms with Gasteiger partial charge in [0.25, 0.3) is 5.91 Å².